The molecule has 0 bridgehead atoms. The second-order valence-electron chi connectivity index (χ2n) is 4.22. The molecule has 0 aliphatic heterocycles. The van der Waals surface area contributed by atoms with Crippen LogP contribution in [0.1, 0.15) is 24.2 Å². The third-order valence-electron chi connectivity index (χ3n) is 2.54. The van der Waals surface area contributed by atoms with Crippen molar-refractivity contribution in [1.29, 1.82) is 0 Å². The highest BCUT2D eigenvalue weighted by molar-refractivity contribution is 7.99. The van der Waals surface area contributed by atoms with Gasteiger partial charge in [-0.3, -0.25) is 9.59 Å². The van der Waals surface area contributed by atoms with Gasteiger partial charge in [0.25, 0.3) is 0 Å². The van der Waals surface area contributed by atoms with Crippen LogP contribution in [-0.2, 0) is 4.79 Å². The quantitative estimate of drug-likeness (QED) is 0.586. The first-order valence-corrected chi connectivity index (χ1v) is 7.21. The highest BCUT2D eigenvalue weighted by atomic mass is 32.2. The fraction of sp³-hybridized carbons (Fsp3) is 0.429. The second-order valence-corrected chi connectivity index (χ2v) is 5.36. The number of benzene rings is 1. The number of carboxylic acid groups (broad SMARTS) is 1. The van der Waals surface area contributed by atoms with Gasteiger partial charge in [-0.2, -0.15) is 11.8 Å². The molecule has 0 aromatic heterocycles. The predicted molar refractivity (Wildman–Crippen MR) is 76.1 cm³/mol. The van der Waals surface area contributed by atoms with E-state index in [0.29, 0.717) is 29.4 Å². The molecule has 4 nitrogen and oxygen atoms in total. The molecule has 1 aromatic rings. The number of Topliss-reactive ketones (excluding diaryl/α,β-unsaturated/α-hetero) is 1. The molecule has 104 valence electrons. The summed E-state index contributed by atoms with van der Waals surface area (Å²) in [6, 6.07) is 7.12. The number of para-hydroxylation sites is 1. The Labute approximate surface area is 117 Å². The van der Waals surface area contributed by atoms with Crippen molar-refractivity contribution in [2.75, 3.05) is 18.1 Å². The maximum Gasteiger partial charge on any atom is 0.307 e. The SMILES string of the molecule is CC(=O)c1ccccc1OCCSCC(C)C(=O)O. The molecule has 1 aromatic carbocycles. The van der Waals surface area contributed by atoms with Crippen LogP contribution in [0, 0.1) is 5.92 Å². The molecule has 1 N–H and O–H groups in total. The summed E-state index contributed by atoms with van der Waals surface area (Å²) in [6.45, 7) is 3.65. The molecule has 0 radical (unpaired) electrons. The molecule has 5 heteroatoms. The molecule has 19 heavy (non-hydrogen) atoms. The van der Waals surface area contributed by atoms with Crippen LogP contribution in [0.4, 0.5) is 0 Å². The first-order valence-electron chi connectivity index (χ1n) is 6.05. The van der Waals surface area contributed by atoms with Crippen LogP contribution in [0.3, 0.4) is 0 Å². The molecular weight excluding hydrogens is 264 g/mol. The molecule has 0 aliphatic rings. The molecule has 0 saturated heterocycles. The highest BCUT2D eigenvalue weighted by Gasteiger charge is 2.10. The summed E-state index contributed by atoms with van der Waals surface area (Å²) >= 11 is 1.53. The van der Waals surface area contributed by atoms with Crippen molar-refractivity contribution in [3.8, 4) is 5.75 Å². The van der Waals surface area contributed by atoms with E-state index >= 15 is 0 Å². The zero-order valence-electron chi connectivity index (χ0n) is 11.1. The number of carbonyl (C=O) groups is 2. The minimum Gasteiger partial charge on any atom is -0.492 e. The topological polar surface area (TPSA) is 63.6 Å². The molecule has 1 rings (SSSR count). The fourth-order valence-corrected chi connectivity index (χ4v) is 2.29. The van der Waals surface area contributed by atoms with Crippen molar-refractivity contribution in [2.45, 2.75) is 13.8 Å². The number of hydrogen-bond donors (Lipinski definition) is 1. The molecular formula is C14H18O4S. The zero-order valence-corrected chi connectivity index (χ0v) is 11.9. The average Bonchev–Trinajstić information content (AvgIpc) is 2.38. The predicted octanol–water partition coefficient (Wildman–Crippen LogP) is 2.72. The van der Waals surface area contributed by atoms with Gasteiger partial charge in [0.2, 0.25) is 0 Å². The van der Waals surface area contributed by atoms with E-state index in [9.17, 15) is 9.59 Å². The minimum absolute atomic E-state index is 0.0252. The molecule has 0 aliphatic carbocycles. The lowest BCUT2D eigenvalue weighted by atomic mass is 10.1. The number of hydrogen-bond acceptors (Lipinski definition) is 4. The summed E-state index contributed by atoms with van der Waals surface area (Å²) in [5.74, 6) is 0.686. The third-order valence-corrected chi connectivity index (χ3v) is 3.73. The Bertz CT molecular complexity index is 445. The van der Waals surface area contributed by atoms with Crippen molar-refractivity contribution in [1.82, 2.24) is 0 Å². The number of carboxylic acids is 1. The molecule has 0 heterocycles. The van der Waals surface area contributed by atoms with E-state index in [1.807, 2.05) is 6.07 Å². The fourth-order valence-electron chi connectivity index (χ4n) is 1.43. The van der Waals surface area contributed by atoms with Crippen LogP contribution in [-0.4, -0.2) is 35.0 Å². The Balaban J connectivity index is 2.34. The number of aliphatic carboxylic acids is 1. The van der Waals surface area contributed by atoms with Gasteiger partial charge in [0, 0.05) is 11.5 Å². The highest BCUT2D eigenvalue weighted by Crippen LogP contribution is 2.19. The van der Waals surface area contributed by atoms with Crippen molar-refractivity contribution in [3.05, 3.63) is 29.8 Å². The molecule has 0 amide bonds. The maximum absolute atomic E-state index is 11.4. The summed E-state index contributed by atoms with van der Waals surface area (Å²) in [7, 11) is 0. The molecule has 0 spiro atoms. The van der Waals surface area contributed by atoms with E-state index in [4.69, 9.17) is 9.84 Å². The first kappa shape index (κ1) is 15.6. The van der Waals surface area contributed by atoms with Gasteiger partial charge < -0.3 is 9.84 Å². The molecule has 1 unspecified atom stereocenters. The van der Waals surface area contributed by atoms with Crippen molar-refractivity contribution in [3.63, 3.8) is 0 Å². The van der Waals surface area contributed by atoms with E-state index in [-0.39, 0.29) is 11.7 Å². The van der Waals surface area contributed by atoms with Crippen molar-refractivity contribution in [2.24, 2.45) is 5.92 Å². The van der Waals surface area contributed by atoms with E-state index in [0.717, 1.165) is 0 Å². The Morgan fingerprint density at radius 1 is 1.37 bits per heavy atom. The van der Waals surface area contributed by atoms with Crippen LogP contribution in [0.25, 0.3) is 0 Å². The normalized spacial score (nSPS) is 11.9. The molecule has 1 atom stereocenters. The van der Waals surface area contributed by atoms with Crippen molar-refractivity contribution < 1.29 is 19.4 Å². The van der Waals surface area contributed by atoms with Crippen LogP contribution >= 0.6 is 11.8 Å². The minimum atomic E-state index is -0.782. The van der Waals surface area contributed by atoms with Crippen LogP contribution in [0.15, 0.2) is 24.3 Å². The van der Waals surface area contributed by atoms with Crippen molar-refractivity contribution >= 4 is 23.5 Å². The lowest BCUT2D eigenvalue weighted by Crippen LogP contribution is -2.13. The number of thioether (sulfide) groups is 1. The standard InChI is InChI=1S/C14H18O4S/c1-10(14(16)17)9-19-8-7-18-13-6-4-3-5-12(13)11(2)15/h3-6,10H,7-9H2,1-2H3,(H,16,17). The number of ketones is 1. The van der Waals surface area contributed by atoms with Crippen LogP contribution < -0.4 is 4.74 Å². The second kappa shape index (κ2) is 7.84. The maximum atomic E-state index is 11.4. The van der Waals surface area contributed by atoms with Gasteiger partial charge in [0.05, 0.1) is 18.1 Å². The Morgan fingerprint density at radius 3 is 2.68 bits per heavy atom. The number of carbonyl (C=O) groups excluding carboxylic acids is 1. The van der Waals surface area contributed by atoms with Gasteiger partial charge in [-0.1, -0.05) is 19.1 Å². The Kier molecular flexibility index (Phi) is 6.42. The monoisotopic (exact) mass is 282 g/mol. The average molecular weight is 282 g/mol. The van der Waals surface area contributed by atoms with Crippen LogP contribution in [0.2, 0.25) is 0 Å². The van der Waals surface area contributed by atoms with E-state index in [1.54, 1.807) is 25.1 Å². The van der Waals surface area contributed by atoms with Gasteiger partial charge >= 0.3 is 5.97 Å². The Morgan fingerprint density at radius 2 is 2.05 bits per heavy atom. The summed E-state index contributed by atoms with van der Waals surface area (Å²) in [5.41, 5.74) is 0.575. The van der Waals surface area contributed by atoms with Crippen LogP contribution in [0.5, 0.6) is 5.75 Å². The van der Waals surface area contributed by atoms with E-state index in [2.05, 4.69) is 0 Å². The molecule has 0 saturated carbocycles. The van der Waals surface area contributed by atoms with Gasteiger partial charge in [0.15, 0.2) is 5.78 Å². The first-order chi connectivity index (χ1) is 9.02. The number of rotatable bonds is 8. The smallest absolute Gasteiger partial charge is 0.307 e. The zero-order chi connectivity index (χ0) is 14.3. The summed E-state index contributed by atoms with van der Waals surface area (Å²) < 4.78 is 5.55. The summed E-state index contributed by atoms with van der Waals surface area (Å²) in [4.78, 5) is 22.0. The summed E-state index contributed by atoms with van der Waals surface area (Å²) in [5, 5.41) is 8.73. The largest absolute Gasteiger partial charge is 0.492 e. The van der Waals surface area contributed by atoms with E-state index in [1.165, 1.54) is 18.7 Å². The number of ether oxygens (including phenoxy) is 1. The lowest BCUT2D eigenvalue weighted by molar-refractivity contribution is -0.140. The van der Waals surface area contributed by atoms with E-state index < -0.39 is 5.97 Å². The third kappa shape index (κ3) is 5.34. The summed E-state index contributed by atoms with van der Waals surface area (Å²) in [6.07, 6.45) is 0. The van der Waals surface area contributed by atoms with Gasteiger partial charge in [-0.15, -0.1) is 0 Å². The van der Waals surface area contributed by atoms with Gasteiger partial charge in [0.1, 0.15) is 5.75 Å². The Hall–Kier alpha value is -1.49. The lowest BCUT2D eigenvalue weighted by Gasteiger charge is -2.10. The molecule has 0 fully saturated rings. The van der Waals surface area contributed by atoms with Gasteiger partial charge in [-0.05, 0) is 19.1 Å². The van der Waals surface area contributed by atoms with Gasteiger partial charge in [-0.25, -0.2) is 0 Å².